The second-order valence-electron chi connectivity index (χ2n) is 10.7. The van der Waals surface area contributed by atoms with Gasteiger partial charge in [0.1, 0.15) is 0 Å². The van der Waals surface area contributed by atoms with Crippen LogP contribution in [0, 0.1) is 0 Å². The number of benzene rings is 4. The van der Waals surface area contributed by atoms with Crippen molar-refractivity contribution < 1.29 is 9.76 Å². The predicted molar refractivity (Wildman–Crippen MR) is 160 cm³/mol. The topological polar surface area (TPSA) is 68.1 Å². The highest BCUT2D eigenvalue weighted by Gasteiger charge is 2.35. The van der Waals surface area contributed by atoms with E-state index in [-0.39, 0.29) is 0 Å². The third kappa shape index (κ3) is 6.14. The Labute approximate surface area is 230 Å². The average Bonchev–Trinajstić information content (AvgIpc) is 2.96. The lowest BCUT2D eigenvalue weighted by atomic mass is 9.81. The number of nitrogens with zero attached hydrogens (tertiary/aromatic N) is 3. The highest BCUT2D eigenvalue weighted by Crippen LogP contribution is 2.28. The molecule has 4 aromatic carbocycles. The number of aromatic nitrogens is 3. The Balaban J connectivity index is 1.50. The van der Waals surface area contributed by atoms with Gasteiger partial charge in [0.15, 0.2) is 17.5 Å². The van der Waals surface area contributed by atoms with E-state index in [1.807, 2.05) is 98.8 Å². The summed E-state index contributed by atoms with van der Waals surface area (Å²) < 4.78 is 6.10. The van der Waals surface area contributed by atoms with E-state index in [2.05, 4.69) is 24.3 Å². The van der Waals surface area contributed by atoms with Crippen LogP contribution in [0.4, 0.5) is 0 Å². The van der Waals surface area contributed by atoms with E-state index in [4.69, 9.17) is 19.6 Å². The molecule has 6 heteroatoms. The summed E-state index contributed by atoms with van der Waals surface area (Å²) in [6.07, 6.45) is 0. The lowest BCUT2D eigenvalue weighted by Gasteiger charge is -2.37. The molecule has 0 fully saturated rings. The van der Waals surface area contributed by atoms with Crippen LogP contribution in [0.1, 0.15) is 27.7 Å². The van der Waals surface area contributed by atoms with Crippen LogP contribution in [-0.4, -0.2) is 38.7 Å². The molecule has 0 unspecified atom stereocenters. The zero-order valence-corrected chi connectivity index (χ0v) is 22.8. The molecule has 0 saturated carbocycles. The number of hydrogen-bond donors (Lipinski definition) is 1. The minimum absolute atomic E-state index is 0.402. The van der Waals surface area contributed by atoms with Gasteiger partial charge in [-0.15, -0.1) is 0 Å². The number of hydrogen-bond acceptors (Lipinski definition) is 5. The molecule has 0 radical (unpaired) electrons. The molecular formula is C33H32BN3O2. The first-order valence-electron chi connectivity index (χ1n) is 13.1. The van der Waals surface area contributed by atoms with Crippen molar-refractivity contribution in [3.05, 3.63) is 109 Å². The number of aliphatic hydroxyl groups is 1. The molecule has 0 saturated heterocycles. The first-order valence-corrected chi connectivity index (χ1v) is 13.1. The van der Waals surface area contributed by atoms with E-state index in [1.165, 1.54) is 0 Å². The first kappa shape index (κ1) is 26.5. The molecular weight excluding hydrogens is 481 g/mol. The van der Waals surface area contributed by atoms with Gasteiger partial charge in [-0.25, -0.2) is 15.0 Å². The van der Waals surface area contributed by atoms with Gasteiger partial charge in [0, 0.05) is 16.7 Å². The molecule has 5 rings (SSSR count). The molecule has 0 aliphatic carbocycles. The van der Waals surface area contributed by atoms with Crippen molar-refractivity contribution in [3.8, 4) is 45.3 Å². The van der Waals surface area contributed by atoms with Crippen LogP contribution in [-0.2, 0) is 4.65 Å². The lowest BCUT2D eigenvalue weighted by molar-refractivity contribution is -0.0893. The molecule has 0 bridgehead atoms. The SMILES string of the molecule is CC(C)(O)C(C)(C)OBc1cccc(-c2cccc(-c3nc(-c4ccccc4)nc(-c4ccccc4)n3)c2)c1. The molecule has 39 heavy (non-hydrogen) atoms. The molecule has 1 N–H and O–H groups in total. The van der Waals surface area contributed by atoms with Gasteiger partial charge in [-0.05, 0) is 44.9 Å². The second kappa shape index (κ2) is 10.9. The van der Waals surface area contributed by atoms with Crippen molar-refractivity contribution in [3.63, 3.8) is 0 Å². The average molecular weight is 513 g/mol. The first-order chi connectivity index (χ1) is 18.7. The van der Waals surface area contributed by atoms with Crippen LogP contribution in [0.2, 0.25) is 0 Å². The molecule has 194 valence electrons. The van der Waals surface area contributed by atoms with Crippen LogP contribution < -0.4 is 5.46 Å². The van der Waals surface area contributed by atoms with Gasteiger partial charge < -0.3 is 9.76 Å². The monoisotopic (exact) mass is 513 g/mol. The summed E-state index contributed by atoms with van der Waals surface area (Å²) in [7, 11) is 0.402. The van der Waals surface area contributed by atoms with Gasteiger partial charge in [-0.1, -0.05) is 109 Å². The van der Waals surface area contributed by atoms with Crippen molar-refractivity contribution >= 4 is 12.9 Å². The van der Waals surface area contributed by atoms with E-state index >= 15 is 0 Å². The molecule has 0 spiro atoms. The van der Waals surface area contributed by atoms with Crippen LogP contribution in [0.15, 0.2) is 109 Å². The summed E-state index contributed by atoms with van der Waals surface area (Å²) in [5, 5.41) is 10.4. The highest BCUT2D eigenvalue weighted by molar-refractivity contribution is 6.47. The Morgan fingerprint density at radius 1 is 0.538 bits per heavy atom. The summed E-state index contributed by atoms with van der Waals surface area (Å²) in [6.45, 7) is 7.34. The Morgan fingerprint density at radius 3 is 1.51 bits per heavy atom. The summed E-state index contributed by atoms with van der Waals surface area (Å²) in [5.74, 6) is 1.90. The highest BCUT2D eigenvalue weighted by atomic mass is 16.5. The van der Waals surface area contributed by atoms with Crippen LogP contribution in [0.5, 0.6) is 0 Å². The van der Waals surface area contributed by atoms with Crippen LogP contribution in [0.25, 0.3) is 45.3 Å². The van der Waals surface area contributed by atoms with Crippen molar-refractivity contribution in [1.82, 2.24) is 15.0 Å². The van der Waals surface area contributed by atoms with Gasteiger partial charge in [0.2, 0.25) is 0 Å². The van der Waals surface area contributed by atoms with Crippen LogP contribution >= 0.6 is 0 Å². The third-order valence-corrected chi connectivity index (χ3v) is 7.15. The second-order valence-corrected chi connectivity index (χ2v) is 10.7. The number of rotatable bonds is 8. The fourth-order valence-electron chi connectivity index (χ4n) is 4.06. The minimum Gasteiger partial charge on any atom is -0.427 e. The van der Waals surface area contributed by atoms with Crippen molar-refractivity contribution in [2.45, 2.75) is 38.9 Å². The molecule has 0 aliphatic heterocycles. The minimum atomic E-state index is -0.958. The van der Waals surface area contributed by atoms with Gasteiger partial charge in [-0.3, -0.25) is 0 Å². The molecule has 0 atom stereocenters. The maximum absolute atomic E-state index is 10.4. The Bertz CT molecular complexity index is 1510. The third-order valence-electron chi connectivity index (χ3n) is 7.15. The van der Waals surface area contributed by atoms with Gasteiger partial charge in [-0.2, -0.15) is 0 Å². The van der Waals surface area contributed by atoms with Crippen molar-refractivity contribution in [1.29, 1.82) is 0 Å². The van der Waals surface area contributed by atoms with E-state index in [1.54, 1.807) is 13.8 Å². The fraction of sp³-hybridized carbons (Fsp3) is 0.182. The van der Waals surface area contributed by atoms with Gasteiger partial charge in [0.25, 0.3) is 0 Å². The smallest absolute Gasteiger partial charge is 0.309 e. The van der Waals surface area contributed by atoms with E-state index in [0.29, 0.717) is 25.0 Å². The Morgan fingerprint density at radius 2 is 0.974 bits per heavy atom. The Hall–Kier alpha value is -4.13. The molecule has 5 nitrogen and oxygen atoms in total. The lowest BCUT2D eigenvalue weighted by Crippen LogP contribution is -2.49. The summed E-state index contributed by atoms with van der Waals surface area (Å²) >= 11 is 0. The Kier molecular flexibility index (Phi) is 7.42. The molecule has 0 amide bonds. The van der Waals surface area contributed by atoms with Crippen molar-refractivity contribution in [2.24, 2.45) is 0 Å². The quantitative estimate of drug-likeness (QED) is 0.255. The molecule has 5 aromatic rings. The van der Waals surface area contributed by atoms with Gasteiger partial charge >= 0.3 is 7.48 Å². The molecule has 0 aliphatic rings. The molecule has 1 aromatic heterocycles. The summed E-state index contributed by atoms with van der Waals surface area (Å²) in [6, 6.07) is 36.5. The summed E-state index contributed by atoms with van der Waals surface area (Å²) in [5.41, 5.74) is 4.31. The van der Waals surface area contributed by atoms with Gasteiger partial charge in [0.05, 0.1) is 11.2 Å². The maximum Gasteiger partial charge on any atom is 0.309 e. The molecule has 1 heterocycles. The summed E-state index contributed by atoms with van der Waals surface area (Å²) in [4.78, 5) is 14.5. The largest absolute Gasteiger partial charge is 0.427 e. The maximum atomic E-state index is 10.4. The zero-order chi connectivity index (χ0) is 27.5. The predicted octanol–water partition coefficient (Wildman–Crippen LogP) is 6.08. The van der Waals surface area contributed by atoms with E-state index in [0.717, 1.165) is 33.3 Å². The van der Waals surface area contributed by atoms with Crippen molar-refractivity contribution in [2.75, 3.05) is 0 Å². The zero-order valence-electron chi connectivity index (χ0n) is 22.8. The standard InChI is InChI=1S/C33H32BN3O2/c1-32(2,38)33(3,4)39-34-28-20-12-18-26(22-28)25-17-11-19-27(21-25)31-36-29(23-13-7-5-8-14-23)35-30(37-31)24-15-9-6-10-16-24/h5-22,34,38H,1-4H3. The van der Waals surface area contributed by atoms with Crippen LogP contribution in [0.3, 0.4) is 0 Å². The fourth-order valence-corrected chi connectivity index (χ4v) is 4.06. The normalized spacial score (nSPS) is 11.8. The van der Waals surface area contributed by atoms with E-state index in [9.17, 15) is 5.11 Å². The van der Waals surface area contributed by atoms with E-state index < -0.39 is 11.2 Å².